The minimum Gasteiger partial charge on any atom is -0.325 e. The van der Waals surface area contributed by atoms with Gasteiger partial charge in [-0.15, -0.1) is 11.3 Å². The molecule has 4 aromatic rings. The molecule has 1 aliphatic heterocycles. The number of anilines is 1. The number of benzene rings is 3. The molecule has 2 nitrogen and oxygen atoms in total. The highest BCUT2D eigenvalue weighted by Gasteiger charge is 2.33. The fourth-order valence-corrected chi connectivity index (χ4v) is 4.76. The van der Waals surface area contributed by atoms with E-state index in [-0.39, 0.29) is 11.8 Å². The first-order chi connectivity index (χ1) is 11.3. The van der Waals surface area contributed by atoms with Gasteiger partial charge in [0.15, 0.2) is 0 Å². The SMILES string of the molecule is O=C1Nc2ccccc2C1c1cccc2c1sc1ccccc12. The van der Waals surface area contributed by atoms with Crippen molar-refractivity contribution in [3.8, 4) is 0 Å². The van der Waals surface area contributed by atoms with Crippen LogP contribution in [0.5, 0.6) is 0 Å². The summed E-state index contributed by atoms with van der Waals surface area (Å²) in [7, 11) is 0. The number of hydrogen-bond acceptors (Lipinski definition) is 2. The number of hydrogen-bond donors (Lipinski definition) is 1. The third kappa shape index (κ3) is 1.77. The van der Waals surface area contributed by atoms with Gasteiger partial charge in [-0.3, -0.25) is 4.79 Å². The summed E-state index contributed by atoms with van der Waals surface area (Å²) in [5.74, 6) is -0.154. The van der Waals surface area contributed by atoms with Crippen molar-refractivity contribution in [3.05, 3.63) is 77.9 Å². The van der Waals surface area contributed by atoms with Gasteiger partial charge in [-0.25, -0.2) is 0 Å². The summed E-state index contributed by atoms with van der Waals surface area (Å²) in [6.07, 6.45) is 0. The smallest absolute Gasteiger partial charge is 0.236 e. The zero-order valence-electron chi connectivity index (χ0n) is 12.2. The molecule has 1 aliphatic rings. The van der Waals surface area contributed by atoms with Gasteiger partial charge in [-0.05, 0) is 23.3 Å². The Labute approximate surface area is 137 Å². The first kappa shape index (κ1) is 12.9. The molecular weight excluding hydrogens is 302 g/mol. The number of fused-ring (bicyclic) bond motifs is 4. The van der Waals surface area contributed by atoms with Crippen molar-refractivity contribution in [1.82, 2.24) is 0 Å². The van der Waals surface area contributed by atoms with Gasteiger partial charge in [0, 0.05) is 25.9 Å². The maximum Gasteiger partial charge on any atom is 0.236 e. The standard InChI is InChI=1S/C20H13NOS/c22-20-18(14-7-1-3-10-16(14)21-20)15-9-5-8-13-12-6-2-4-11-17(12)23-19(13)15/h1-11,18H,(H,21,22). The van der Waals surface area contributed by atoms with Crippen LogP contribution in [-0.4, -0.2) is 5.91 Å². The summed E-state index contributed by atoms with van der Waals surface area (Å²) < 4.78 is 2.48. The monoisotopic (exact) mass is 315 g/mol. The molecule has 3 heteroatoms. The average Bonchev–Trinajstić information content (AvgIpc) is 3.11. The van der Waals surface area contributed by atoms with Crippen molar-refractivity contribution in [1.29, 1.82) is 0 Å². The molecule has 0 spiro atoms. The van der Waals surface area contributed by atoms with Crippen LogP contribution in [0, 0.1) is 0 Å². The van der Waals surface area contributed by atoms with E-state index >= 15 is 0 Å². The number of rotatable bonds is 1. The van der Waals surface area contributed by atoms with Crippen LogP contribution < -0.4 is 5.32 Å². The molecule has 5 rings (SSSR count). The van der Waals surface area contributed by atoms with Crippen LogP contribution in [0.3, 0.4) is 0 Å². The van der Waals surface area contributed by atoms with Crippen LogP contribution in [0.2, 0.25) is 0 Å². The highest BCUT2D eigenvalue weighted by atomic mass is 32.1. The zero-order valence-corrected chi connectivity index (χ0v) is 13.1. The number of para-hydroxylation sites is 1. The largest absolute Gasteiger partial charge is 0.325 e. The highest BCUT2D eigenvalue weighted by Crippen LogP contribution is 2.43. The number of thiophene rings is 1. The summed E-state index contributed by atoms with van der Waals surface area (Å²) in [5.41, 5.74) is 3.11. The topological polar surface area (TPSA) is 29.1 Å². The van der Waals surface area contributed by atoms with Crippen LogP contribution in [0.1, 0.15) is 17.0 Å². The molecule has 3 aromatic carbocycles. The maximum atomic E-state index is 12.6. The lowest BCUT2D eigenvalue weighted by Gasteiger charge is -2.10. The Morgan fingerprint density at radius 3 is 2.48 bits per heavy atom. The van der Waals surface area contributed by atoms with E-state index in [9.17, 15) is 4.79 Å². The number of carbonyl (C=O) groups excluding carboxylic acids is 1. The second kappa shape index (κ2) is 4.67. The Morgan fingerprint density at radius 1 is 0.783 bits per heavy atom. The zero-order chi connectivity index (χ0) is 15.4. The normalized spacial score (nSPS) is 16.7. The Bertz CT molecular complexity index is 1080. The second-order valence-electron chi connectivity index (χ2n) is 5.83. The minimum atomic E-state index is -0.219. The van der Waals surface area contributed by atoms with Gasteiger partial charge in [0.2, 0.25) is 5.91 Å². The van der Waals surface area contributed by atoms with E-state index in [1.807, 2.05) is 24.3 Å². The molecule has 1 atom stereocenters. The van der Waals surface area contributed by atoms with Crippen LogP contribution >= 0.6 is 11.3 Å². The van der Waals surface area contributed by atoms with E-state index in [0.717, 1.165) is 16.8 Å². The molecule has 1 unspecified atom stereocenters. The van der Waals surface area contributed by atoms with Crippen LogP contribution in [0.15, 0.2) is 66.7 Å². The number of nitrogens with one attached hydrogen (secondary N) is 1. The van der Waals surface area contributed by atoms with Crippen molar-refractivity contribution in [2.45, 2.75) is 5.92 Å². The summed E-state index contributed by atoms with van der Waals surface area (Å²) in [6.45, 7) is 0. The van der Waals surface area contributed by atoms with Crippen molar-refractivity contribution < 1.29 is 4.79 Å². The molecule has 0 fully saturated rings. The molecule has 0 aliphatic carbocycles. The molecule has 1 N–H and O–H groups in total. The van der Waals surface area contributed by atoms with Gasteiger partial charge in [0.05, 0.1) is 5.92 Å². The fourth-order valence-electron chi connectivity index (χ4n) is 3.51. The second-order valence-corrected chi connectivity index (χ2v) is 6.88. The fraction of sp³-hybridized carbons (Fsp3) is 0.0500. The van der Waals surface area contributed by atoms with E-state index < -0.39 is 0 Å². The van der Waals surface area contributed by atoms with E-state index in [0.29, 0.717) is 0 Å². The molecule has 0 bridgehead atoms. The molecular formula is C20H13NOS. The van der Waals surface area contributed by atoms with Crippen molar-refractivity contribution >= 4 is 43.1 Å². The van der Waals surface area contributed by atoms with Crippen molar-refractivity contribution in [2.75, 3.05) is 5.32 Å². The predicted molar refractivity (Wildman–Crippen MR) is 96.2 cm³/mol. The lowest BCUT2D eigenvalue weighted by Crippen LogP contribution is -2.13. The molecule has 23 heavy (non-hydrogen) atoms. The Hall–Kier alpha value is -2.65. The van der Waals surface area contributed by atoms with Gasteiger partial charge >= 0.3 is 0 Å². The van der Waals surface area contributed by atoms with Gasteiger partial charge < -0.3 is 5.32 Å². The quantitative estimate of drug-likeness (QED) is 0.518. The van der Waals surface area contributed by atoms with Crippen molar-refractivity contribution in [2.24, 2.45) is 0 Å². The Morgan fingerprint density at radius 2 is 1.52 bits per heavy atom. The summed E-state index contributed by atoms with van der Waals surface area (Å²) in [4.78, 5) is 12.6. The lowest BCUT2D eigenvalue weighted by atomic mass is 9.91. The molecule has 110 valence electrons. The maximum absolute atomic E-state index is 12.6. The molecule has 1 aromatic heterocycles. The summed E-state index contributed by atoms with van der Waals surface area (Å²) in [6, 6.07) is 22.7. The summed E-state index contributed by atoms with van der Waals surface area (Å²) in [5, 5.41) is 5.51. The van der Waals surface area contributed by atoms with E-state index in [2.05, 4.69) is 47.8 Å². The van der Waals surface area contributed by atoms with E-state index in [1.54, 1.807) is 11.3 Å². The summed E-state index contributed by atoms with van der Waals surface area (Å²) >= 11 is 1.77. The van der Waals surface area contributed by atoms with Crippen LogP contribution in [0.25, 0.3) is 20.2 Å². The van der Waals surface area contributed by atoms with E-state index in [4.69, 9.17) is 0 Å². The minimum absolute atomic E-state index is 0.0659. The van der Waals surface area contributed by atoms with E-state index in [1.165, 1.54) is 20.2 Å². The predicted octanol–water partition coefficient (Wildman–Crippen LogP) is 5.14. The van der Waals surface area contributed by atoms with Gasteiger partial charge in [-0.1, -0.05) is 54.6 Å². The third-order valence-corrected chi connectivity index (χ3v) is 5.77. The molecule has 0 saturated heterocycles. The lowest BCUT2D eigenvalue weighted by molar-refractivity contribution is -0.116. The first-order valence-electron chi connectivity index (χ1n) is 7.63. The molecule has 1 amide bonds. The Kier molecular flexibility index (Phi) is 2.61. The third-order valence-electron chi connectivity index (χ3n) is 4.54. The number of amides is 1. The van der Waals surface area contributed by atoms with Gasteiger partial charge in [0.25, 0.3) is 0 Å². The Balaban J connectivity index is 1.83. The van der Waals surface area contributed by atoms with Crippen LogP contribution in [-0.2, 0) is 4.79 Å². The molecule has 2 heterocycles. The molecule has 0 saturated carbocycles. The average molecular weight is 315 g/mol. The van der Waals surface area contributed by atoms with Crippen molar-refractivity contribution in [3.63, 3.8) is 0 Å². The number of carbonyl (C=O) groups is 1. The molecule has 0 radical (unpaired) electrons. The van der Waals surface area contributed by atoms with Gasteiger partial charge in [-0.2, -0.15) is 0 Å². The van der Waals surface area contributed by atoms with Gasteiger partial charge in [0.1, 0.15) is 0 Å². The highest BCUT2D eigenvalue weighted by molar-refractivity contribution is 7.26. The van der Waals surface area contributed by atoms with Crippen LogP contribution in [0.4, 0.5) is 5.69 Å². The first-order valence-corrected chi connectivity index (χ1v) is 8.44.